The molecule has 1 aliphatic carbocycles. The van der Waals surface area contributed by atoms with E-state index < -0.39 is 5.97 Å². The van der Waals surface area contributed by atoms with Gasteiger partial charge in [0.25, 0.3) is 0 Å². The zero-order valence-corrected chi connectivity index (χ0v) is 12.8. The normalized spacial score (nSPS) is 19.4. The Hall–Kier alpha value is -1.36. The first kappa shape index (κ1) is 15.0. The molecule has 1 aromatic rings. The topological polar surface area (TPSA) is 80.4 Å². The summed E-state index contributed by atoms with van der Waals surface area (Å²) in [5, 5.41) is 9.71. The maximum atomic E-state index is 12.6. The second kappa shape index (κ2) is 5.95. The zero-order chi connectivity index (χ0) is 14.9. The predicted octanol–water partition coefficient (Wildman–Crippen LogP) is 3.45. The number of aromatic carboxylic acids is 1. The van der Waals surface area contributed by atoms with Crippen molar-refractivity contribution in [2.45, 2.75) is 51.9 Å². The Balaban J connectivity index is 2.41. The van der Waals surface area contributed by atoms with Crippen LogP contribution in [0.2, 0.25) is 0 Å². The van der Waals surface area contributed by atoms with Crippen molar-refractivity contribution in [1.82, 2.24) is 0 Å². The highest BCUT2D eigenvalue weighted by Gasteiger charge is 2.35. The van der Waals surface area contributed by atoms with Gasteiger partial charge in [-0.2, -0.15) is 0 Å². The molecule has 0 saturated carbocycles. The zero-order valence-electron chi connectivity index (χ0n) is 11.9. The van der Waals surface area contributed by atoms with E-state index in [0.717, 1.165) is 37.0 Å². The molecular formula is C15H21NO3S. The molecule has 3 N–H and O–H groups in total. The summed E-state index contributed by atoms with van der Waals surface area (Å²) in [5.74, 6) is -1.13. The van der Waals surface area contributed by atoms with Gasteiger partial charge >= 0.3 is 5.97 Å². The molecule has 0 spiro atoms. The number of aryl methyl sites for hydroxylation is 1. The van der Waals surface area contributed by atoms with E-state index in [9.17, 15) is 14.7 Å². The molecule has 0 bridgehead atoms. The van der Waals surface area contributed by atoms with Crippen LogP contribution in [0.25, 0.3) is 0 Å². The van der Waals surface area contributed by atoms with Gasteiger partial charge in [-0.05, 0) is 31.2 Å². The highest BCUT2D eigenvalue weighted by Crippen LogP contribution is 2.43. The van der Waals surface area contributed by atoms with Crippen molar-refractivity contribution in [3.05, 3.63) is 16.0 Å². The number of carbonyl (C=O) groups is 2. The maximum Gasteiger partial charge on any atom is 0.339 e. The minimum atomic E-state index is -1.01. The van der Waals surface area contributed by atoms with E-state index in [-0.39, 0.29) is 23.2 Å². The quantitative estimate of drug-likeness (QED) is 0.871. The number of nitrogen functional groups attached to an aromatic ring is 1. The van der Waals surface area contributed by atoms with Crippen LogP contribution >= 0.6 is 11.3 Å². The van der Waals surface area contributed by atoms with Crippen LogP contribution in [0.1, 0.15) is 66.2 Å². The highest BCUT2D eigenvalue weighted by molar-refractivity contribution is 7.16. The van der Waals surface area contributed by atoms with Gasteiger partial charge in [0.2, 0.25) is 0 Å². The van der Waals surface area contributed by atoms with Crippen LogP contribution in [0.5, 0.6) is 0 Å². The standard InChI is InChI=1S/C15H21NO3S/c1-3-5-8(2)13(17)9-6-4-7-10-11(9)12(15(18)19)14(16)20-10/h8-9H,3-7,16H2,1-2H3,(H,18,19). The molecule has 0 radical (unpaired) electrons. The number of thiophene rings is 1. The second-order valence-corrected chi connectivity index (χ2v) is 6.66. The van der Waals surface area contributed by atoms with Gasteiger partial charge < -0.3 is 10.8 Å². The number of carbonyl (C=O) groups excluding carboxylic acids is 1. The van der Waals surface area contributed by atoms with Crippen LogP contribution in [0.15, 0.2) is 0 Å². The first-order valence-electron chi connectivity index (χ1n) is 7.15. The van der Waals surface area contributed by atoms with Crippen molar-refractivity contribution in [3.63, 3.8) is 0 Å². The summed E-state index contributed by atoms with van der Waals surface area (Å²) in [7, 11) is 0. The summed E-state index contributed by atoms with van der Waals surface area (Å²) < 4.78 is 0. The number of Topliss-reactive ketones (excluding diaryl/α,β-unsaturated/α-hetero) is 1. The fourth-order valence-electron chi connectivity index (χ4n) is 3.10. The van der Waals surface area contributed by atoms with E-state index in [4.69, 9.17) is 5.73 Å². The van der Waals surface area contributed by atoms with Gasteiger partial charge in [0.15, 0.2) is 0 Å². The largest absolute Gasteiger partial charge is 0.478 e. The van der Waals surface area contributed by atoms with Gasteiger partial charge in [0.1, 0.15) is 10.8 Å². The number of carboxylic acid groups (broad SMARTS) is 1. The average Bonchev–Trinajstić information content (AvgIpc) is 2.73. The molecular weight excluding hydrogens is 274 g/mol. The van der Waals surface area contributed by atoms with Crippen molar-refractivity contribution in [2.75, 3.05) is 5.73 Å². The Kier molecular flexibility index (Phi) is 4.48. The summed E-state index contributed by atoms with van der Waals surface area (Å²) in [6.07, 6.45) is 4.33. The molecule has 1 heterocycles. The molecule has 110 valence electrons. The summed E-state index contributed by atoms with van der Waals surface area (Å²) in [6.45, 7) is 4.00. The molecule has 2 rings (SSSR count). The SMILES string of the molecule is CCCC(C)C(=O)C1CCCc2sc(N)c(C(=O)O)c21. The molecule has 0 fully saturated rings. The lowest BCUT2D eigenvalue weighted by molar-refractivity contribution is -0.124. The van der Waals surface area contributed by atoms with Crippen LogP contribution in [0, 0.1) is 5.92 Å². The highest BCUT2D eigenvalue weighted by atomic mass is 32.1. The number of ketones is 1. The molecule has 0 saturated heterocycles. The molecule has 2 unspecified atom stereocenters. The fourth-order valence-corrected chi connectivity index (χ4v) is 4.27. The number of anilines is 1. The van der Waals surface area contributed by atoms with Crippen LogP contribution in [-0.2, 0) is 11.2 Å². The van der Waals surface area contributed by atoms with Crippen molar-refractivity contribution in [2.24, 2.45) is 5.92 Å². The molecule has 5 heteroatoms. The lowest BCUT2D eigenvalue weighted by atomic mass is 9.78. The van der Waals surface area contributed by atoms with E-state index >= 15 is 0 Å². The molecule has 1 aliphatic rings. The Morgan fingerprint density at radius 3 is 2.80 bits per heavy atom. The fraction of sp³-hybridized carbons (Fsp3) is 0.600. The average molecular weight is 295 g/mol. The molecule has 1 aromatic heterocycles. The van der Waals surface area contributed by atoms with E-state index in [0.29, 0.717) is 10.6 Å². The smallest absolute Gasteiger partial charge is 0.339 e. The van der Waals surface area contributed by atoms with Gasteiger partial charge in [0, 0.05) is 16.7 Å². The number of fused-ring (bicyclic) bond motifs is 1. The molecule has 0 aliphatic heterocycles. The number of hydrogen-bond acceptors (Lipinski definition) is 4. The third-order valence-corrected chi connectivity index (χ3v) is 5.15. The lowest BCUT2D eigenvalue weighted by Gasteiger charge is -2.25. The lowest BCUT2D eigenvalue weighted by Crippen LogP contribution is -2.24. The molecule has 2 atom stereocenters. The van der Waals surface area contributed by atoms with Gasteiger partial charge in [-0.15, -0.1) is 11.3 Å². The Morgan fingerprint density at radius 1 is 1.50 bits per heavy atom. The van der Waals surface area contributed by atoms with Gasteiger partial charge in [-0.3, -0.25) is 4.79 Å². The third-order valence-electron chi connectivity index (χ3n) is 4.06. The van der Waals surface area contributed by atoms with Crippen LogP contribution in [-0.4, -0.2) is 16.9 Å². The monoisotopic (exact) mass is 295 g/mol. The van der Waals surface area contributed by atoms with Crippen LogP contribution in [0.4, 0.5) is 5.00 Å². The van der Waals surface area contributed by atoms with Crippen LogP contribution in [0.3, 0.4) is 0 Å². The number of carboxylic acids is 1. The summed E-state index contributed by atoms with van der Waals surface area (Å²) >= 11 is 1.34. The van der Waals surface area contributed by atoms with Gasteiger partial charge in [0.05, 0.1) is 5.56 Å². The number of hydrogen-bond donors (Lipinski definition) is 2. The summed E-state index contributed by atoms with van der Waals surface area (Å²) in [6, 6.07) is 0. The van der Waals surface area contributed by atoms with Gasteiger partial charge in [-0.25, -0.2) is 4.79 Å². The van der Waals surface area contributed by atoms with Crippen molar-refractivity contribution >= 4 is 28.1 Å². The van der Waals surface area contributed by atoms with Gasteiger partial charge in [-0.1, -0.05) is 20.3 Å². The first-order chi connectivity index (χ1) is 9.47. The Bertz CT molecular complexity index is 535. The van der Waals surface area contributed by atoms with Crippen molar-refractivity contribution in [3.8, 4) is 0 Å². The molecule has 20 heavy (non-hydrogen) atoms. The van der Waals surface area contributed by atoms with E-state index in [1.807, 2.05) is 6.92 Å². The molecule has 0 amide bonds. The molecule has 0 aromatic carbocycles. The third kappa shape index (κ3) is 2.59. The Morgan fingerprint density at radius 2 is 2.20 bits per heavy atom. The summed E-state index contributed by atoms with van der Waals surface area (Å²) in [4.78, 5) is 25.0. The van der Waals surface area contributed by atoms with E-state index in [1.54, 1.807) is 0 Å². The summed E-state index contributed by atoms with van der Waals surface area (Å²) in [5.41, 5.74) is 6.73. The maximum absolute atomic E-state index is 12.6. The molecule has 4 nitrogen and oxygen atoms in total. The predicted molar refractivity (Wildman–Crippen MR) is 80.4 cm³/mol. The van der Waals surface area contributed by atoms with Crippen molar-refractivity contribution < 1.29 is 14.7 Å². The van der Waals surface area contributed by atoms with E-state index in [1.165, 1.54) is 11.3 Å². The Labute approximate surface area is 123 Å². The minimum Gasteiger partial charge on any atom is -0.478 e. The van der Waals surface area contributed by atoms with Crippen molar-refractivity contribution in [1.29, 1.82) is 0 Å². The first-order valence-corrected chi connectivity index (χ1v) is 7.97. The van der Waals surface area contributed by atoms with Crippen LogP contribution < -0.4 is 5.73 Å². The number of rotatable bonds is 5. The minimum absolute atomic E-state index is 0.0151. The van der Waals surface area contributed by atoms with E-state index in [2.05, 4.69) is 6.92 Å². The number of nitrogens with two attached hydrogens (primary N) is 1. The second-order valence-electron chi connectivity index (χ2n) is 5.52.